The summed E-state index contributed by atoms with van der Waals surface area (Å²) in [5, 5.41) is 19.2. The minimum absolute atomic E-state index is 0.0773. The second kappa shape index (κ2) is 9.91. The second-order valence-electron chi connectivity index (χ2n) is 9.51. The van der Waals surface area contributed by atoms with Crippen molar-refractivity contribution in [2.75, 3.05) is 5.32 Å². The first-order valence-electron chi connectivity index (χ1n) is 11.2. The van der Waals surface area contributed by atoms with E-state index in [1.807, 2.05) is 5.32 Å². The van der Waals surface area contributed by atoms with E-state index in [1.54, 1.807) is 0 Å². The SMILES string of the molecule is CC(C)(C)OC(=O)Nc1cc(C(F)(F)F)c2nc1-c1nnc(o1)C(O)(C(F)(F)F)CCCCCCC2=O. The molecule has 0 aliphatic carbocycles. The quantitative estimate of drug-likeness (QED) is 0.437. The molecule has 2 N–H and O–H groups in total. The number of aliphatic hydroxyl groups is 1. The minimum atomic E-state index is -5.22. The van der Waals surface area contributed by atoms with Gasteiger partial charge in [-0.3, -0.25) is 10.1 Å². The van der Waals surface area contributed by atoms with Gasteiger partial charge < -0.3 is 14.3 Å². The molecule has 0 saturated carbocycles. The summed E-state index contributed by atoms with van der Waals surface area (Å²) < 4.78 is 93.1. The van der Waals surface area contributed by atoms with Crippen molar-refractivity contribution in [1.82, 2.24) is 15.2 Å². The Morgan fingerprint density at radius 1 is 1.05 bits per heavy atom. The van der Waals surface area contributed by atoms with Crippen LogP contribution in [-0.4, -0.2) is 43.9 Å². The number of ketones is 1. The first-order valence-corrected chi connectivity index (χ1v) is 11.2. The van der Waals surface area contributed by atoms with Crippen LogP contribution in [0.1, 0.15) is 81.2 Å². The molecule has 15 heteroatoms. The van der Waals surface area contributed by atoms with Crippen LogP contribution in [0.25, 0.3) is 11.6 Å². The van der Waals surface area contributed by atoms with E-state index in [-0.39, 0.29) is 32.1 Å². The van der Waals surface area contributed by atoms with E-state index in [0.717, 1.165) is 0 Å². The lowest BCUT2D eigenvalue weighted by Crippen LogP contribution is -2.42. The number of hydrogen-bond acceptors (Lipinski definition) is 8. The molecule has 0 aromatic carbocycles. The summed E-state index contributed by atoms with van der Waals surface area (Å²) in [7, 11) is 0. The Kier molecular flexibility index (Phi) is 7.59. The summed E-state index contributed by atoms with van der Waals surface area (Å²) in [6.45, 7) is 4.46. The van der Waals surface area contributed by atoms with Crippen LogP contribution in [0.3, 0.4) is 0 Å². The van der Waals surface area contributed by atoms with E-state index in [1.165, 1.54) is 20.8 Å². The molecule has 0 saturated heterocycles. The van der Waals surface area contributed by atoms with Crippen molar-refractivity contribution in [2.24, 2.45) is 0 Å². The van der Waals surface area contributed by atoms with Gasteiger partial charge in [0, 0.05) is 6.42 Å². The monoisotopic (exact) mass is 538 g/mol. The number of hydrogen-bond donors (Lipinski definition) is 2. The predicted molar refractivity (Wildman–Crippen MR) is 114 cm³/mol. The minimum Gasteiger partial charge on any atom is -0.444 e. The zero-order valence-corrected chi connectivity index (χ0v) is 20.0. The van der Waals surface area contributed by atoms with Gasteiger partial charge in [-0.25, -0.2) is 9.78 Å². The van der Waals surface area contributed by atoms with Crippen LogP contribution in [0, 0.1) is 0 Å². The number of nitrogens with zero attached hydrogens (tertiary/aromatic N) is 3. The van der Waals surface area contributed by atoms with Crippen LogP contribution < -0.4 is 5.32 Å². The number of halogens is 6. The number of alkyl halides is 6. The molecule has 2 aromatic rings. The topological polar surface area (TPSA) is 127 Å². The normalized spacial score (nSPS) is 19.8. The fraction of sp³-hybridized carbons (Fsp3) is 0.591. The lowest BCUT2D eigenvalue weighted by atomic mass is 9.94. The van der Waals surface area contributed by atoms with Crippen LogP contribution in [0.4, 0.5) is 36.8 Å². The molecule has 1 atom stereocenters. The first kappa shape index (κ1) is 28.3. The number of rotatable bonds is 1. The van der Waals surface area contributed by atoms with Gasteiger partial charge in [-0.15, -0.1) is 10.2 Å². The van der Waals surface area contributed by atoms with Crippen LogP contribution in [0.15, 0.2) is 10.5 Å². The average Bonchev–Trinajstić information content (AvgIpc) is 3.22. The first-order chi connectivity index (χ1) is 16.9. The lowest BCUT2D eigenvalue weighted by Gasteiger charge is -2.27. The zero-order chi connectivity index (χ0) is 27.8. The molecule has 3 heterocycles. The summed E-state index contributed by atoms with van der Waals surface area (Å²) in [6.07, 6.45) is -12.4. The van der Waals surface area contributed by atoms with Crippen molar-refractivity contribution in [3.05, 3.63) is 23.2 Å². The summed E-state index contributed by atoms with van der Waals surface area (Å²) in [4.78, 5) is 28.7. The third-order valence-corrected chi connectivity index (χ3v) is 5.37. The van der Waals surface area contributed by atoms with Gasteiger partial charge in [0.2, 0.25) is 5.60 Å². The van der Waals surface area contributed by atoms with E-state index in [0.29, 0.717) is 6.07 Å². The Hall–Kier alpha value is -3.23. The Morgan fingerprint density at radius 2 is 1.70 bits per heavy atom. The number of nitrogens with one attached hydrogen (secondary N) is 1. The van der Waals surface area contributed by atoms with Gasteiger partial charge >= 0.3 is 18.4 Å². The maximum atomic E-state index is 13.9. The Morgan fingerprint density at radius 3 is 2.30 bits per heavy atom. The second-order valence-corrected chi connectivity index (χ2v) is 9.51. The third-order valence-electron chi connectivity index (χ3n) is 5.37. The standard InChI is InChI=1S/C22H24F6N4O5/c1-19(2,3)37-18(34)29-12-10-11(21(23,24)25)14-13(33)8-6-4-5-7-9-20(35,22(26,27)28)17-32-31-16(36-17)15(12)30-14/h10,35H,4-9H2,1-3H3,(H,29,34). The van der Waals surface area contributed by atoms with Crippen LogP contribution >= 0.6 is 0 Å². The highest BCUT2D eigenvalue weighted by Gasteiger charge is 2.58. The van der Waals surface area contributed by atoms with Crippen LogP contribution in [-0.2, 0) is 16.5 Å². The maximum Gasteiger partial charge on any atom is 0.426 e. The Labute approximate surface area is 206 Å². The fourth-order valence-electron chi connectivity index (χ4n) is 3.61. The van der Waals surface area contributed by atoms with Crippen molar-refractivity contribution in [1.29, 1.82) is 0 Å². The van der Waals surface area contributed by atoms with E-state index < -0.39 is 76.3 Å². The van der Waals surface area contributed by atoms with Gasteiger partial charge in [0.1, 0.15) is 11.3 Å². The van der Waals surface area contributed by atoms with Gasteiger partial charge in [-0.1, -0.05) is 12.8 Å². The number of carbonyl (C=O) groups is 2. The molecule has 37 heavy (non-hydrogen) atoms. The largest absolute Gasteiger partial charge is 0.444 e. The predicted octanol–water partition coefficient (Wildman–Crippen LogP) is 5.78. The highest BCUT2D eigenvalue weighted by atomic mass is 19.4. The summed E-state index contributed by atoms with van der Waals surface area (Å²) in [5.74, 6) is -3.09. The van der Waals surface area contributed by atoms with Gasteiger partial charge in [-0.05, 0) is 46.1 Å². The number of ether oxygens (including phenoxy) is 1. The van der Waals surface area contributed by atoms with Gasteiger partial charge in [-0.2, -0.15) is 26.3 Å². The van der Waals surface area contributed by atoms with E-state index in [2.05, 4.69) is 15.2 Å². The molecule has 204 valence electrons. The number of aromatic nitrogens is 3. The molecule has 9 nitrogen and oxygen atoms in total. The van der Waals surface area contributed by atoms with E-state index in [9.17, 15) is 41.0 Å². The molecule has 4 bridgehead atoms. The Balaban J connectivity index is 2.25. The molecule has 1 amide bonds. The summed E-state index contributed by atoms with van der Waals surface area (Å²) in [6, 6.07) is 0.394. The number of amides is 1. The molecule has 1 aliphatic rings. The van der Waals surface area contributed by atoms with Gasteiger partial charge in [0.05, 0.1) is 11.3 Å². The van der Waals surface area contributed by atoms with Crippen molar-refractivity contribution in [3.63, 3.8) is 0 Å². The van der Waals surface area contributed by atoms with Crippen LogP contribution in [0.5, 0.6) is 0 Å². The highest BCUT2D eigenvalue weighted by molar-refractivity contribution is 5.98. The third kappa shape index (κ3) is 6.37. The van der Waals surface area contributed by atoms with Crippen molar-refractivity contribution < 1.29 is 50.2 Å². The number of anilines is 1. The number of carbonyl (C=O) groups excluding carboxylic acids is 2. The average molecular weight is 538 g/mol. The molecule has 0 spiro atoms. The summed E-state index contributed by atoms with van der Waals surface area (Å²) in [5.41, 5.74) is -8.52. The molecule has 3 rings (SSSR count). The molecular weight excluding hydrogens is 514 g/mol. The lowest BCUT2D eigenvalue weighted by molar-refractivity contribution is -0.277. The van der Waals surface area contributed by atoms with Gasteiger partial charge in [0.15, 0.2) is 11.5 Å². The molecular formula is C22H24F6N4O5. The highest BCUT2D eigenvalue weighted by Crippen LogP contribution is 2.44. The van der Waals surface area contributed by atoms with E-state index in [4.69, 9.17) is 9.15 Å². The molecule has 0 radical (unpaired) electrons. The Bertz CT molecular complexity index is 1170. The summed E-state index contributed by atoms with van der Waals surface area (Å²) >= 11 is 0. The number of Topliss-reactive ketones (excluding diaryl/α,β-unsaturated/α-hetero) is 1. The van der Waals surface area contributed by atoms with E-state index >= 15 is 0 Å². The molecule has 2 aromatic heterocycles. The molecule has 0 fully saturated rings. The van der Waals surface area contributed by atoms with Crippen molar-refractivity contribution in [3.8, 4) is 11.6 Å². The van der Waals surface area contributed by atoms with Crippen LogP contribution in [0.2, 0.25) is 0 Å². The van der Waals surface area contributed by atoms with Crippen molar-refractivity contribution in [2.45, 2.75) is 82.9 Å². The maximum absolute atomic E-state index is 13.9. The zero-order valence-electron chi connectivity index (χ0n) is 20.0. The fourth-order valence-corrected chi connectivity index (χ4v) is 3.61. The molecule has 1 aliphatic heterocycles. The number of fused-ring (bicyclic) bond motifs is 5. The van der Waals surface area contributed by atoms with Crippen molar-refractivity contribution >= 4 is 17.6 Å². The number of pyridine rings is 1. The molecule has 1 unspecified atom stereocenters. The smallest absolute Gasteiger partial charge is 0.426 e. The van der Waals surface area contributed by atoms with Gasteiger partial charge in [0.25, 0.3) is 11.8 Å².